The summed E-state index contributed by atoms with van der Waals surface area (Å²) >= 11 is 0. The second-order valence-electron chi connectivity index (χ2n) is 4.64. The van der Waals surface area contributed by atoms with Crippen LogP contribution in [-0.4, -0.2) is 40.6 Å². The van der Waals surface area contributed by atoms with Crippen molar-refractivity contribution in [1.29, 1.82) is 0 Å². The minimum absolute atomic E-state index is 0.558. The van der Waals surface area contributed by atoms with E-state index >= 15 is 0 Å². The Morgan fingerprint density at radius 3 is 2.87 bits per heavy atom. The number of nitrogens with one attached hydrogen (secondary N) is 1. The van der Waals surface area contributed by atoms with Crippen molar-refractivity contribution >= 4 is 5.95 Å². The van der Waals surface area contributed by atoms with Gasteiger partial charge in [-0.2, -0.15) is 0 Å². The van der Waals surface area contributed by atoms with E-state index in [1.807, 2.05) is 24.0 Å². The zero-order valence-electron chi connectivity index (χ0n) is 9.77. The summed E-state index contributed by atoms with van der Waals surface area (Å²) in [4.78, 5) is 6.69. The Bertz CT molecular complexity index is 320. The lowest BCUT2D eigenvalue weighted by Crippen LogP contribution is -2.43. The van der Waals surface area contributed by atoms with E-state index in [4.69, 9.17) is 0 Å². The summed E-state index contributed by atoms with van der Waals surface area (Å²) in [5, 5.41) is 3.52. The Morgan fingerprint density at radius 1 is 1.47 bits per heavy atom. The first kappa shape index (κ1) is 10.5. The average molecular weight is 208 g/mol. The van der Waals surface area contributed by atoms with Crippen LogP contribution in [0.25, 0.3) is 0 Å². The van der Waals surface area contributed by atoms with Crippen LogP contribution in [0, 0.1) is 5.92 Å². The number of hydrogen-bond acceptors (Lipinski definition) is 3. The van der Waals surface area contributed by atoms with Gasteiger partial charge in [0, 0.05) is 32.0 Å². The van der Waals surface area contributed by atoms with Crippen molar-refractivity contribution in [2.24, 2.45) is 13.0 Å². The summed E-state index contributed by atoms with van der Waals surface area (Å²) in [6, 6.07) is 0.558. The first-order chi connectivity index (χ1) is 7.16. The van der Waals surface area contributed by atoms with Gasteiger partial charge in [-0.05, 0) is 25.9 Å². The Labute approximate surface area is 91.3 Å². The molecule has 2 atom stereocenters. The monoisotopic (exact) mass is 208 g/mol. The molecule has 0 aliphatic carbocycles. The van der Waals surface area contributed by atoms with Gasteiger partial charge >= 0.3 is 0 Å². The molecular weight excluding hydrogens is 188 g/mol. The molecule has 84 valence electrons. The Balaban J connectivity index is 1.98. The number of imidazole rings is 1. The molecule has 0 bridgehead atoms. The van der Waals surface area contributed by atoms with Crippen molar-refractivity contribution < 1.29 is 0 Å². The average Bonchev–Trinajstić information content (AvgIpc) is 2.57. The maximum Gasteiger partial charge on any atom is 0.202 e. The minimum Gasteiger partial charge on any atom is -0.353 e. The quantitative estimate of drug-likeness (QED) is 0.792. The number of likely N-dealkylation sites (tertiary alicyclic amines) is 1. The van der Waals surface area contributed by atoms with E-state index in [1.165, 1.54) is 19.5 Å². The van der Waals surface area contributed by atoms with Gasteiger partial charge in [-0.15, -0.1) is 0 Å². The van der Waals surface area contributed by atoms with Crippen LogP contribution in [0.1, 0.15) is 13.3 Å². The third-order valence-electron chi connectivity index (χ3n) is 3.24. The number of aromatic nitrogens is 2. The summed E-state index contributed by atoms with van der Waals surface area (Å²) in [5.74, 6) is 1.66. The van der Waals surface area contributed by atoms with Crippen LogP contribution in [-0.2, 0) is 7.05 Å². The molecule has 15 heavy (non-hydrogen) atoms. The van der Waals surface area contributed by atoms with Crippen LogP contribution >= 0.6 is 0 Å². The molecular formula is C11H20N4. The molecule has 1 saturated heterocycles. The summed E-state index contributed by atoms with van der Waals surface area (Å²) in [5.41, 5.74) is 0. The van der Waals surface area contributed by atoms with Gasteiger partial charge in [0.15, 0.2) is 0 Å². The highest BCUT2D eigenvalue weighted by molar-refractivity contribution is 5.27. The molecule has 0 spiro atoms. The van der Waals surface area contributed by atoms with Crippen molar-refractivity contribution in [2.75, 3.05) is 25.5 Å². The van der Waals surface area contributed by atoms with E-state index in [0.29, 0.717) is 12.0 Å². The summed E-state index contributed by atoms with van der Waals surface area (Å²) in [6.07, 6.45) is 5.01. The van der Waals surface area contributed by atoms with Crippen LogP contribution in [0.3, 0.4) is 0 Å². The van der Waals surface area contributed by atoms with Gasteiger partial charge in [-0.25, -0.2) is 4.98 Å². The summed E-state index contributed by atoms with van der Waals surface area (Å²) in [7, 11) is 4.21. The topological polar surface area (TPSA) is 33.1 Å². The smallest absolute Gasteiger partial charge is 0.202 e. The molecule has 1 aromatic rings. The molecule has 2 rings (SSSR count). The van der Waals surface area contributed by atoms with Crippen molar-refractivity contribution in [3.8, 4) is 0 Å². The van der Waals surface area contributed by atoms with Crippen LogP contribution in [0.15, 0.2) is 12.4 Å². The zero-order valence-corrected chi connectivity index (χ0v) is 9.77. The first-order valence-corrected chi connectivity index (χ1v) is 5.59. The SMILES string of the molecule is CC1CN(C)CCC1Nc1nccn1C. The Morgan fingerprint density at radius 2 is 2.27 bits per heavy atom. The summed E-state index contributed by atoms with van der Waals surface area (Å²) < 4.78 is 2.03. The van der Waals surface area contributed by atoms with Crippen LogP contribution in [0.2, 0.25) is 0 Å². The molecule has 2 unspecified atom stereocenters. The minimum atomic E-state index is 0.558. The number of nitrogens with zero attached hydrogens (tertiary/aromatic N) is 3. The van der Waals surface area contributed by atoms with Gasteiger partial charge in [-0.1, -0.05) is 6.92 Å². The lowest BCUT2D eigenvalue weighted by Gasteiger charge is -2.35. The summed E-state index contributed by atoms with van der Waals surface area (Å²) in [6.45, 7) is 4.64. The number of hydrogen-bond donors (Lipinski definition) is 1. The fourth-order valence-corrected chi connectivity index (χ4v) is 2.24. The van der Waals surface area contributed by atoms with Gasteiger partial charge in [0.05, 0.1) is 0 Å². The van der Waals surface area contributed by atoms with Gasteiger partial charge in [0.2, 0.25) is 5.95 Å². The molecule has 0 saturated carbocycles. The highest BCUT2D eigenvalue weighted by Gasteiger charge is 2.24. The van der Waals surface area contributed by atoms with Gasteiger partial charge < -0.3 is 14.8 Å². The van der Waals surface area contributed by atoms with E-state index in [2.05, 4.69) is 29.2 Å². The molecule has 1 aliphatic heterocycles. The number of rotatable bonds is 2. The lowest BCUT2D eigenvalue weighted by molar-refractivity contribution is 0.205. The highest BCUT2D eigenvalue weighted by Crippen LogP contribution is 2.19. The number of piperidine rings is 1. The lowest BCUT2D eigenvalue weighted by atomic mass is 9.94. The zero-order chi connectivity index (χ0) is 10.8. The maximum absolute atomic E-state index is 4.30. The molecule has 4 heteroatoms. The Hall–Kier alpha value is -1.03. The van der Waals surface area contributed by atoms with E-state index in [0.717, 1.165) is 5.95 Å². The molecule has 0 aromatic carbocycles. The standard InChI is InChI=1S/C11H20N4/c1-9-8-14(2)6-4-10(9)13-11-12-5-7-15(11)3/h5,7,9-10H,4,6,8H2,1-3H3,(H,12,13). The molecule has 2 heterocycles. The molecule has 0 amide bonds. The molecule has 1 fully saturated rings. The van der Waals surface area contributed by atoms with Gasteiger partial charge in [-0.3, -0.25) is 0 Å². The molecule has 1 N–H and O–H groups in total. The molecule has 1 aliphatic rings. The third kappa shape index (κ3) is 2.31. The van der Waals surface area contributed by atoms with E-state index < -0.39 is 0 Å². The number of aryl methyl sites for hydroxylation is 1. The third-order valence-corrected chi connectivity index (χ3v) is 3.24. The van der Waals surface area contributed by atoms with Crippen molar-refractivity contribution in [1.82, 2.24) is 14.5 Å². The molecule has 4 nitrogen and oxygen atoms in total. The maximum atomic E-state index is 4.30. The van der Waals surface area contributed by atoms with Crippen LogP contribution in [0.5, 0.6) is 0 Å². The molecule has 0 radical (unpaired) electrons. The van der Waals surface area contributed by atoms with Gasteiger partial charge in [0.25, 0.3) is 0 Å². The van der Waals surface area contributed by atoms with E-state index in [9.17, 15) is 0 Å². The largest absolute Gasteiger partial charge is 0.353 e. The van der Waals surface area contributed by atoms with E-state index in [-0.39, 0.29) is 0 Å². The molecule has 1 aromatic heterocycles. The van der Waals surface area contributed by atoms with Crippen molar-refractivity contribution in [2.45, 2.75) is 19.4 Å². The highest BCUT2D eigenvalue weighted by atomic mass is 15.2. The normalized spacial score (nSPS) is 27.9. The first-order valence-electron chi connectivity index (χ1n) is 5.59. The van der Waals surface area contributed by atoms with Crippen molar-refractivity contribution in [3.63, 3.8) is 0 Å². The predicted molar refractivity (Wildman–Crippen MR) is 61.9 cm³/mol. The van der Waals surface area contributed by atoms with Crippen molar-refractivity contribution in [3.05, 3.63) is 12.4 Å². The number of anilines is 1. The van der Waals surface area contributed by atoms with Crippen LogP contribution < -0.4 is 5.32 Å². The van der Waals surface area contributed by atoms with Gasteiger partial charge in [0.1, 0.15) is 0 Å². The fourth-order valence-electron chi connectivity index (χ4n) is 2.24. The second-order valence-corrected chi connectivity index (χ2v) is 4.64. The fraction of sp³-hybridized carbons (Fsp3) is 0.727. The van der Waals surface area contributed by atoms with E-state index in [1.54, 1.807) is 0 Å². The van der Waals surface area contributed by atoms with Crippen LogP contribution in [0.4, 0.5) is 5.95 Å². The predicted octanol–water partition coefficient (Wildman–Crippen LogP) is 1.17. The second kappa shape index (κ2) is 4.23. The Kier molecular flexibility index (Phi) is 2.95.